The summed E-state index contributed by atoms with van der Waals surface area (Å²) in [5, 5.41) is 9.51. The highest BCUT2D eigenvalue weighted by atomic mass is 32.2. The third-order valence-electron chi connectivity index (χ3n) is 2.36. The maximum Gasteiger partial charge on any atom is 0.341 e. The molecule has 0 aliphatic carbocycles. The Morgan fingerprint density at radius 2 is 2.32 bits per heavy atom. The molecule has 1 N–H and O–H groups in total. The van der Waals surface area contributed by atoms with Gasteiger partial charge in [0, 0.05) is 11.0 Å². The van der Waals surface area contributed by atoms with Gasteiger partial charge in [0.25, 0.3) is 0 Å². The van der Waals surface area contributed by atoms with E-state index in [-0.39, 0.29) is 5.57 Å². The number of hydrogen-bond donors (Lipinski definition) is 1. The molecule has 1 aliphatic rings. The van der Waals surface area contributed by atoms with Crippen molar-refractivity contribution in [3.63, 3.8) is 0 Å². The van der Waals surface area contributed by atoms with Crippen LogP contribution >= 0.6 is 23.5 Å². The minimum Gasteiger partial charge on any atom is -0.477 e. The molecule has 0 unspecified atom stereocenters. The summed E-state index contributed by atoms with van der Waals surface area (Å²) in [5.74, 6) is -0.347. The third-order valence-corrected chi connectivity index (χ3v) is 5.34. The fourth-order valence-electron chi connectivity index (χ4n) is 1.50. The zero-order chi connectivity index (χ0) is 13.8. The zero-order valence-corrected chi connectivity index (χ0v) is 11.8. The van der Waals surface area contributed by atoms with Crippen LogP contribution in [0.1, 0.15) is 12.7 Å². The number of thioether (sulfide) groups is 2. The van der Waals surface area contributed by atoms with Gasteiger partial charge in [0.05, 0.1) is 10.5 Å². The van der Waals surface area contributed by atoms with Crippen LogP contribution in [0, 0.1) is 0 Å². The van der Waals surface area contributed by atoms with Crippen molar-refractivity contribution in [1.82, 2.24) is 0 Å². The lowest BCUT2D eigenvalue weighted by Crippen LogP contribution is -2.11. The van der Waals surface area contributed by atoms with Gasteiger partial charge in [-0.2, -0.15) is 0 Å². The minimum atomic E-state index is -1.18. The molecule has 0 radical (unpaired) electrons. The van der Waals surface area contributed by atoms with Gasteiger partial charge in [-0.3, -0.25) is 4.79 Å². The predicted octanol–water partition coefficient (Wildman–Crippen LogP) is 3.03. The van der Waals surface area contributed by atoms with Crippen molar-refractivity contribution in [2.24, 2.45) is 0 Å². The molecule has 1 fully saturated rings. The first-order chi connectivity index (χ1) is 9.08. The second-order valence-corrected chi connectivity index (χ2v) is 6.66. The summed E-state index contributed by atoms with van der Waals surface area (Å²) >= 11 is 2.86. The number of allylic oxidation sites excluding steroid dienone is 1. The summed E-state index contributed by atoms with van der Waals surface area (Å²) in [7, 11) is 0. The number of hydrogen-bond acceptors (Lipinski definition) is 5. The number of aliphatic carboxylic acids is 1. The minimum absolute atomic E-state index is 0.151. The van der Waals surface area contributed by atoms with E-state index in [4.69, 9.17) is 4.42 Å². The van der Waals surface area contributed by atoms with Crippen LogP contribution in [0.4, 0.5) is 0 Å². The fraction of sp³-hybridized carbons (Fsp3) is 0.231. The monoisotopic (exact) mass is 296 g/mol. The van der Waals surface area contributed by atoms with Crippen molar-refractivity contribution in [1.29, 1.82) is 0 Å². The van der Waals surface area contributed by atoms with Crippen LogP contribution in [0.2, 0.25) is 0 Å². The van der Waals surface area contributed by atoms with Gasteiger partial charge in [0.1, 0.15) is 11.3 Å². The summed E-state index contributed by atoms with van der Waals surface area (Å²) in [4.78, 5) is 23.2. The highest BCUT2D eigenvalue weighted by molar-refractivity contribution is 8.25. The molecular formula is C13H12O4S2. The Balaban J connectivity index is 2.21. The van der Waals surface area contributed by atoms with Crippen molar-refractivity contribution in [2.45, 2.75) is 12.2 Å². The highest BCUT2D eigenvalue weighted by Crippen LogP contribution is 2.43. The molecule has 0 amide bonds. The molecule has 100 valence electrons. The molecule has 19 heavy (non-hydrogen) atoms. The van der Waals surface area contributed by atoms with Crippen LogP contribution in [0.25, 0.3) is 6.08 Å². The second kappa shape index (κ2) is 6.16. The Morgan fingerprint density at radius 3 is 2.84 bits per heavy atom. The van der Waals surface area contributed by atoms with Gasteiger partial charge in [0.15, 0.2) is 5.78 Å². The van der Waals surface area contributed by atoms with Crippen LogP contribution in [-0.2, 0) is 9.59 Å². The van der Waals surface area contributed by atoms with Gasteiger partial charge in [0.2, 0.25) is 0 Å². The molecule has 0 bridgehead atoms. The van der Waals surface area contributed by atoms with E-state index < -0.39 is 11.8 Å². The third kappa shape index (κ3) is 3.54. The highest BCUT2D eigenvalue weighted by Gasteiger charge is 2.27. The molecule has 1 aliphatic heterocycles. The van der Waals surface area contributed by atoms with Crippen molar-refractivity contribution in [3.8, 4) is 0 Å². The van der Waals surface area contributed by atoms with Crippen LogP contribution in [-0.4, -0.2) is 27.9 Å². The molecule has 0 aromatic carbocycles. The van der Waals surface area contributed by atoms with E-state index >= 15 is 0 Å². The van der Waals surface area contributed by atoms with E-state index in [0.717, 1.165) is 5.75 Å². The molecule has 1 aromatic rings. The Kier molecular flexibility index (Phi) is 4.55. The lowest BCUT2D eigenvalue weighted by Gasteiger charge is -2.02. The van der Waals surface area contributed by atoms with Crippen molar-refractivity contribution < 1.29 is 19.1 Å². The largest absolute Gasteiger partial charge is 0.477 e. The summed E-state index contributed by atoms with van der Waals surface area (Å²) in [6, 6.07) is 3.39. The molecule has 1 saturated heterocycles. The number of ketones is 1. The SMILES string of the molecule is C[C@H]1CS/C(=C(\C(=O)O)C(=O)/C=C/c2ccco2)S1. The summed E-state index contributed by atoms with van der Waals surface area (Å²) in [6.45, 7) is 2.01. The smallest absolute Gasteiger partial charge is 0.341 e. The fourth-order valence-corrected chi connectivity index (χ4v) is 4.33. The topological polar surface area (TPSA) is 67.5 Å². The van der Waals surface area contributed by atoms with Crippen LogP contribution in [0.5, 0.6) is 0 Å². The van der Waals surface area contributed by atoms with Gasteiger partial charge in [-0.05, 0) is 24.3 Å². The summed E-state index contributed by atoms with van der Waals surface area (Å²) in [5.41, 5.74) is -0.151. The molecule has 6 heteroatoms. The van der Waals surface area contributed by atoms with Gasteiger partial charge in [-0.1, -0.05) is 6.92 Å². The van der Waals surface area contributed by atoms with E-state index in [0.29, 0.717) is 15.2 Å². The van der Waals surface area contributed by atoms with Gasteiger partial charge in [-0.15, -0.1) is 23.5 Å². The summed E-state index contributed by atoms with van der Waals surface area (Å²) < 4.78 is 5.65. The maximum absolute atomic E-state index is 12.0. The average Bonchev–Trinajstić information content (AvgIpc) is 2.98. The standard InChI is InChI=1S/C13H12O4S2/c1-8-7-18-13(19-8)11(12(15)16)10(14)5-4-9-3-2-6-17-9/h2-6,8H,7H2,1H3,(H,15,16)/b5-4+,13-11+/t8-/m0/s1. The number of carboxylic acids is 1. The lowest BCUT2D eigenvalue weighted by molar-refractivity contribution is -0.134. The molecule has 4 nitrogen and oxygen atoms in total. The molecule has 1 atom stereocenters. The number of carbonyl (C=O) groups is 2. The average molecular weight is 296 g/mol. The molecule has 0 saturated carbocycles. The van der Waals surface area contributed by atoms with Gasteiger partial charge < -0.3 is 9.52 Å². The molecule has 1 aromatic heterocycles. The Hall–Kier alpha value is -1.40. The van der Waals surface area contributed by atoms with E-state index in [1.807, 2.05) is 6.92 Å². The zero-order valence-electron chi connectivity index (χ0n) is 10.2. The number of rotatable bonds is 4. The molecule has 2 rings (SSSR count). The molecule has 2 heterocycles. The number of furan rings is 1. The first kappa shape index (κ1) is 14.0. The normalized spacial score (nSPS) is 21.8. The van der Waals surface area contributed by atoms with Crippen molar-refractivity contribution in [2.75, 3.05) is 5.75 Å². The first-order valence-corrected chi connectivity index (χ1v) is 7.47. The Morgan fingerprint density at radius 1 is 1.53 bits per heavy atom. The van der Waals surface area contributed by atoms with Crippen LogP contribution in [0.3, 0.4) is 0 Å². The quantitative estimate of drug-likeness (QED) is 0.523. The lowest BCUT2D eigenvalue weighted by atomic mass is 10.2. The maximum atomic E-state index is 12.0. The van der Waals surface area contributed by atoms with Gasteiger partial charge >= 0.3 is 5.97 Å². The number of carboxylic acid groups (broad SMARTS) is 1. The van der Waals surface area contributed by atoms with Crippen molar-refractivity contribution >= 4 is 41.4 Å². The van der Waals surface area contributed by atoms with Gasteiger partial charge in [-0.25, -0.2) is 4.79 Å². The van der Waals surface area contributed by atoms with E-state index in [2.05, 4.69) is 0 Å². The number of carbonyl (C=O) groups excluding carboxylic acids is 1. The van der Waals surface area contributed by atoms with E-state index in [1.54, 1.807) is 12.1 Å². The second-order valence-electron chi connectivity index (χ2n) is 3.92. The summed E-state index contributed by atoms with van der Waals surface area (Å²) in [6.07, 6.45) is 4.20. The Labute approximate surface area is 118 Å². The molecule has 0 spiro atoms. The predicted molar refractivity (Wildman–Crippen MR) is 76.9 cm³/mol. The van der Waals surface area contributed by atoms with Crippen molar-refractivity contribution in [3.05, 3.63) is 40.0 Å². The first-order valence-electron chi connectivity index (χ1n) is 5.61. The van der Waals surface area contributed by atoms with Crippen LogP contribution in [0.15, 0.2) is 38.7 Å². The Bertz CT molecular complexity index is 543. The van der Waals surface area contributed by atoms with E-state index in [9.17, 15) is 14.7 Å². The molecular weight excluding hydrogens is 284 g/mol. The van der Waals surface area contributed by atoms with E-state index in [1.165, 1.54) is 41.9 Å². The van der Waals surface area contributed by atoms with Crippen LogP contribution < -0.4 is 0 Å².